The standard InChI is InChI=1S/C12H20N4O3/c1-5-8(2)6-9(3)15-11-10(16(17)18)12(19-4)14-7-13-11/h7-9H,5-6H2,1-4H3,(H,13,14,15). The Kier molecular flexibility index (Phi) is 5.47. The Labute approximate surface area is 112 Å². The Bertz CT molecular complexity index is 439. The zero-order valence-electron chi connectivity index (χ0n) is 11.7. The molecular weight excluding hydrogens is 248 g/mol. The van der Waals surface area contributed by atoms with E-state index in [-0.39, 0.29) is 23.4 Å². The lowest BCUT2D eigenvalue weighted by molar-refractivity contribution is -0.385. The normalized spacial score (nSPS) is 13.7. The number of methoxy groups -OCH3 is 1. The van der Waals surface area contributed by atoms with Gasteiger partial charge in [-0.25, -0.2) is 4.98 Å². The van der Waals surface area contributed by atoms with Gasteiger partial charge in [-0.15, -0.1) is 0 Å². The summed E-state index contributed by atoms with van der Waals surface area (Å²) in [6.07, 6.45) is 3.24. The van der Waals surface area contributed by atoms with E-state index in [1.165, 1.54) is 13.4 Å². The summed E-state index contributed by atoms with van der Waals surface area (Å²) in [4.78, 5) is 18.2. The molecule has 2 unspecified atom stereocenters. The van der Waals surface area contributed by atoms with Gasteiger partial charge in [-0.1, -0.05) is 20.3 Å². The van der Waals surface area contributed by atoms with Crippen molar-refractivity contribution < 1.29 is 9.66 Å². The maximum Gasteiger partial charge on any atom is 0.372 e. The summed E-state index contributed by atoms with van der Waals surface area (Å²) in [5.74, 6) is 0.719. The van der Waals surface area contributed by atoms with Crippen LogP contribution in [0, 0.1) is 16.0 Å². The van der Waals surface area contributed by atoms with Crippen LogP contribution in [0.1, 0.15) is 33.6 Å². The molecule has 1 aromatic heterocycles. The Balaban J connectivity index is 2.91. The summed E-state index contributed by atoms with van der Waals surface area (Å²) < 4.78 is 4.90. The molecule has 0 saturated carbocycles. The van der Waals surface area contributed by atoms with Crippen molar-refractivity contribution in [1.82, 2.24) is 9.97 Å². The van der Waals surface area contributed by atoms with Gasteiger partial charge in [0.1, 0.15) is 6.33 Å². The third-order valence-electron chi connectivity index (χ3n) is 3.00. The fourth-order valence-corrected chi connectivity index (χ4v) is 1.84. The van der Waals surface area contributed by atoms with E-state index < -0.39 is 4.92 Å². The van der Waals surface area contributed by atoms with Crippen LogP contribution in [-0.4, -0.2) is 28.0 Å². The number of ether oxygens (including phenoxy) is 1. The topological polar surface area (TPSA) is 90.2 Å². The van der Waals surface area contributed by atoms with Gasteiger partial charge >= 0.3 is 5.69 Å². The minimum atomic E-state index is -0.531. The van der Waals surface area contributed by atoms with E-state index in [0.29, 0.717) is 5.92 Å². The first-order valence-electron chi connectivity index (χ1n) is 6.29. The maximum absolute atomic E-state index is 11.1. The first-order chi connectivity index (χ1) is 8.99. The number of nitrogens with zero attached hydrogens (tertiary/aromatic N) is 3. The number of nitro groups is 1. The zero-order chi connectivity index (χ0) is 14.4. The molecule has 1 N–H and O–H groups in total. The van der Waals surface area contributed by atoms with Crippen LogP contribution in [0.5, 0.6) is 5.88 Å². The highest BCUT2D eigenvalue weighted by molar-refractivity contribution is 5.61. The predicted molar refractivity (Wildman–Crippen MR) is 72.4 cm³/mol. The molecule has 0 radical (unpaired) electrons. The minimum Gasteiger partial charge on any atom is -0.476 e. The number of nitrogens with one attached hydrogen (secondary N) is 1. The van der Waals surface area contributed by atoms with Crippen molar-refractivity contribution in [3.05, 3.63) is 16.4 Å². The molecule has 2 atom stereocenters. The van der Waals surface area contributed by atoms with Gasteiger partial charge in [0, 0.05) is 6.04 Å². The highest BCUT2D eigenvalue weighted by Gasteiger charge is 2.24. The van der Waals surface area contributed by atoms with Gasteiger partial charge in [-0.05, 0) is 19.3 Å². The smallest absolute Gasteiger partial charge is 0.372 e. The van der Waals surface area contributed by atoms with Crippen LogP contribution in [-0.2, 0) is 0 Å². The van der Waals surface area contributed by atoms with Crippen molar-refractivity contribution in [3.63, 3.8) is 0 Å². The zero-order valence-corrected chi connectivity index (χ0v) is 11.7. The minimum absolute atomic E-state index is 0.0294. The van der Waals surface area contributed by atoms with Crippen LogP contribution in [0.25, 0.3) is 0 Å². The largest absolute Gasteiger partial charge is 0.476 e. The SMILES string of the molecule is CCC(C)CC(C)Nc1ncnc(OC)c1[N+](=O)[O-]. The lowest BCUT2D eigenvalue weighted by atomic mass is 10.0. The number of hydrogen-bond donors (Lipinski definition) is 1. The van der Waals surface area contributed by atoms with Crippen LogP contribution in [0.3, 0.4) is 0 Å². The lowest BCUT2D eigenvalue weighted by Crippen LogP contribution is -2.20. The first-order valence-corrected chi connectivity index (χ1v) is 6.29. The molecule has 1 aromatic rings. The molecule has 7 nitrogen and oxygen atoms in total. The predicted octanol–water partition coefficient (Wildman–Crippen LogP) is 2.63. The molecule has 0 saturated heterocycles. The Morgan fingerprint density at radius 2 is 2.16 bits per heavy atom. The molecule has 0 aliphatic carbocycles. The molecule has 7 heteroatoms. The van der Waals surface area contributed by atoms with Crippen molar-refractivity contribution in [2.75, 3.05) is 12.4 Å². The van der Waals surface area contributed by atoms with Gasteiger partial charge in [-0.3, -0.25) is 10.1 Å². The van der Waals surface area contributed by atoms with Crippen molar-refractivity contribution in [2.24, 2.45) is 5.92 Å². The number of hydrogen-bond acceptors (Lipinski definition) is 6. The summed E-state index contributed by atoms with van der Waals surface area (Å²) >= 11 is 0. The molecule has 0 aliphatic heterocycles. The second-order valence-electron chi connectivity index (χ2n) is 4.63. The molecule has 0 bridgehead atoms. The first kappa shape index (κ1) is 15.1. The van der Waals surface area contributed by atoms with Crippen LogP contribution in [0.15, 0.2) is 6.33 Å². The molecule has 19 heavy (non-hydrogen) atoms. The summed E-state index contributed by atoms with van der Waals surface area (Å²) in [7, 11) is 1.35. The van der Waals surface area contributed by atoms with Crippen molar-refractivity contribution in [2.45, 2.75) is 39.7 Å². The third kappa shape index (κ3) is 4.04. The Morgan fingerprint density at radius 1 is 1.47 bits per heavy atom. The summed E-state index contributed by atoms with van der Waals surface area (Å²) in [5.41, 5.74) is -0.221. The molecule has 1 rings (SSSR count). The molecule has 0 spiro atoms. The van der Waals surface area contributed by atoms with E-state index in [0.717, 1.165) is 12.8 Å². The fraction of sp³-hybridized carbons (Fsp3) is 0.667. The van der Waals surface area contributed by atoms with Gasteiger partial charge in [0.05, 0.1) is 12.0 Å². The Hall–Kier alpha value is -1.92. The second-order valence-corrected chi connectivity index (χ2v) is 4.63. The van der Waals surface area contributed by atoms with Crippen LogP contribution >= 0.6 is 0 Å². The second kappa shape index (κ2) is 6.86. The molecule has 0 fully saturated rings. The highest BCUT2D eigenvalue weighted by Crippen LogP contribution is 2.31. The van der Waals surface area contributed by atoms with E-state index in [4.69, 9.17) is 4.74 Å². The number of aromatic nitrogens is 2. The van der Waals surface area contributed by atoms with E-state index in [9.17, 15) is 10.1 Å². The number of anilines is 1. The van der Waals surface area contributed by atoms with Gasteiger partial charge < -0.3 is 10.1 Å². The van der Waals surface area contributed by atoms with Crippen molar-refractivity contribution in [1.29, 1.82) is 0 Å². The molecular formula is C12H20N4O3. The van der Waals surface area contributed by atoms with E-state index in [1.54, 1.807) is 0 Å². The van der Waals surface area contributed by atoms with Gasteiger partial charge in [0.15, 0.2) is 0 Å². The average molecular weight is 268 g/mol. The molecule has 106 valence electrons. The summed E-state index contributed by atoms with van der Waals surface area (Å²) in [6.45, 7) is 6.24. The molecule has 1 heterocycles. The fourth-order valence-electron chi connectivity index (χ4n) is 1.84. The van der Waals surface area contributed by atoms with Crippen LogP contribution in [0.4, 0.5) is 11.5 Å². The monoisotopic (exact) mass is 268 g/mol. The maximum atomic E-state index is 11.1. The van der Waals surface area contributed by atoms with E-state index in [2.05, 4.69) is 29.1 Å². The van der Waals surface area contributed by atoms with Gasteiger partial charge in [0.25, 0.3) is 5.88 Å². The van der Waals surface area contributed by atoms with Crippen LogP contribution < -0.4 is 10.1 Å². The summed E-state index contributed by atoms with van der Waals surface area (Å²) in [5, 5.41) is 14.1. The Morgan fingerprint density at radius 3 is 2.68 bits per heavy atom. The molecule has 0 amide bonds. The molecule has 0 aliphatic rings. The van der Waals surface area contributed by atoms with Gasteiger partial charge in [0.2, 0.25) is 5.82 Å². The van der Waals surface area contributed by atoms with Crippen LogP contribution in [0.2, 0.25) is 0 Å². The lowest BCUT2D eigenvalue weighted by Gasteiger charge is -2.18. The quantitative estimate of drug-likeness (QED) is 0.604. The average Bonchev–Trinajstić information content (AvgIpc) is 2.37. The van der Waals surface area contributed by atoms with E-state index >= 15 is 0 Å². The molecule has 0 aromatic carbocycles. The van der Waals surface area contributed by atoms with Crippen molar-refractivity contribution in [3.8, 4) is 5.88 Å². The highest BCUT2D eigenvalue weighted by atomic mass is 16.6. The summed E-state index contributed by atoms with van der Waals surface area (Å²) in [6, 6.07) is 0.0910. The third-order valence-corrected chi connectivity index (χ3v) is 3.00. The van der Waals surface area contributed by atoms with Gasteiger partial charge in [-0.2, -0.15) is 4.98 Å². The number of rotatable bonds is 7. The van der Waals surface area contributed by atoms with Crippen molar-refractivity contribution >= 4 is 11.5 Å². The van der Waals surface area contributed by atoms with E-state index in [1.807, 2.05) is 6.92 Å².